The maximum Gasteiger partial charge on any atom is -0.0351 e. The highest BCUT2D eigenvalue weighted by Gasteiger charge is 2.07. The van der Waals surface area contributed by atoms with Crippen molar-refractivity contribution in [1.82, 2.24) is 0 Å². The molecule has 0 bridgehead atoms. The van der Waals surface area contributed by atoms with Crippen LogP contribution >= 0.6 is 0 Å². The Balaban J connectivity index is 3.21. The highest BCUT2D eigenvalue weighted by atomic mass is 14.1. The zero-order valence-electron chi connectivity index (χ0n) is 8.48. The smallest absolute Gasteiger partial charge is 0.0351 e. The summed E-state index contributed by atoms with van der Waals surface area (Å²) in [4.78, 5) is 0. The van der Waals surface area contributed by atoms with E-state index in [-0.39, 0.29) is 0 Å². The van der Waals surface area contributed by atoms with Crippen molar-refractivity contribution in [3.8, 4) is 0 Å². The topological polar surface area (TPSA) is 0 Å². The Hall–Kier alpha value is -0.260. The number of hydrogen-bond acceptors (Lipinski definition) is 0. The fraction of sp³-hybridized carbons (Fsp3) is 0.818. The molecule has 0 fully saturated rings. The Morgan fingerprint density at radius 1 is 1.09 bits per heavy atom. The van der Waals surface area contributed by atoms with Gasteiger partial charge < -0.3 is 0 Å². The second-order valence-corrected chi connectivity index (χ2v) is 4.33. The molecule has 0 aliphatic carbocycles. The van der Waals surface area contributed by atoms with Crippen LogP contribution in [0.25, 0.3) is 0 Å². The van der Waals surface area contributed by atoms with Crippen LogP contribution in [-0.4, -0.2) is 0 Å². The summed E-state index contributed by atoms with van der Waals surface area (Å²) >= 11 is 0. The van der Waals surface area contributed by atoms with Gasteiger partial charge in [-0.1, -0.05) is 39.8 Å². The molecule has 0 heterocycles. The van der Waals surface area contributed by atoms with E-state index in [1.165, 1.54) is 25.7 Å². The molecule has 0 aromatic heterocycles. The zero-order valence-corrected chi connectivity index (χ0v) is 8.48. The van der Waals surface area contributed by atoms with Crippen molar-refractivity contribution in [3.63, 3.8) is 0 Å². The van der Waals surface area contributed by atoms with Gasteiger partial charge in [-0.05, 0) is 31.1 Å². The van der Waals surface area contributed by atoms with Crippen molar-refractivity contribution in [2.24, 2.45) is 5.41 Å². The summed E-state index contributed by atoms with van der Waals surface area (Å²) in [6.07, 6.45) is 9.65. The van der Waals surface area contributed by atoms with Gasteiger partial charge in [-0.25, -0.2) is 0 Å². The molecule has 11 heavy (non-hydrogen) atoms. The Labute approximate surface area is 71.7 Å². The molecule has 0 aliphatic rings. The van der Waals surface area contributed by atoms with E-state index in [0.717, 1.165) is 0 Å². The molecular weight excluding hydrogens is 132 g/mol. The van der Waals surface area contributed by atoms with Gasteiger partial charge in [-0.2, -0.15) is 0 Å². The molecule has 0 aromatic carbocycles. The summed E-state index contributed by atoms with van der Waals surface area (Å²) in [6.45, 7) is 9.09. The predicted octanol–water partition coefficient (Wildman–Crippen LogP) is 4.17. The van der Waals surface area contributed by atoms with Gasteiger partial charge in [0.1, 0.15) is 0 Å². The van der Waals surface area contributed by atoms with E-state index in [4.69, 9.17) is 0 Å². The Morgan fingerprint density at radius 2 is 1.73 bits per heavy atom. The summed E-state index contributed by atoms with van der Waals surface area (Å²) in [6, 6.07) is 0. The number of unbranched alkanes of at least 4 members (excludes halogenated alkanes) is 1. The van der Waals surface area contributed by atoms with Crippen molar-refractivity contribution in [1.29, 1.82) is 0 Å². The average Bonchev–Trinajstić information content (AvgIpc) is 1.85. The van der Waals surface area contributed by atoms with E-state index in [0.29, 0.717) is 5.41 Å². The quantitative estimate of drug-likeness (QED) is 0.421. The molecule has 0 atom stereocenters. The second-order valence-electron chi connectivity index (χ2n) is 4.33. The van der Waals surface area contributed by atoms with Gasteiger partial charge in [-0.15, -0.1) is 0 Å². The van der Waals surface area contributed by atoms with Crippen LogP contribution in [0.1, 0.15) is 53.4 Å². The molecule has 0 aliphatic heterocycles. The number of hydrogen-bond donors (Lipinski definition) is 0. The van der Waals surface area contributed by atoms with Gasteiger partial charge in [0.2, 0.25) is 0 Å². The first kappa shape index (κ1) is 10.7. The van der Waals surface area contributed by atoms with E-state index in [1.807, 2.05) is 0 Å². The Morgan fingerprint density at radius 3 is 2.18 bits per heavy atom. The van der Waals surface area contributed by atoms with Crippen molar-refractivity contribution in [2.75, 3.05) is 0 Å². The van der Waals surface area contributed by atoms with Gasteiger partial charge in [0.25, 0.3) is 0 Å². The highest BCUT2D eigenvalue weighted by molar-refractivity contribution is 4.80. The summed E-state index contributed by atoms with van der Waals surface area (Å²) in [5.74, 6) is 0. The normalized spacial score (nSPS) is 12.7. The van der Waals surface area contributed by atoms with E-state index in [1.54, 1.807) is 0 Å². The fourth-order valence-corrected chi connectivity index (χ4v) is 1.03. The van der Waals surface area contributed by atoms with Crippen LogP contribution in [0, 0.1) is 5.41 Å². The third kappa shape index (κ3) is 9.74. The van der Waals surface area contributed by atoms with E-state index >= 15 is 0 Å². The molecule has 0 unspecified atom stereocenters. The van der Waals surface area contributed by atoms with Gasteiger partial charge in [-0.3, -0.25) is 0 Å². The lowest BCUT2D eigenvalue weighted by molar-refractivity contribution is 0.367. The second kappa shape index (κ2) is 5.40. The molecule has 66 valence electrons. The minimum atomic E-state index is 0.514. The minimum Gasteiger partial charge on any atom is -0.0888 e. The predicted molar refractivity (Wildman–Crippen MR) is 52.7 cm³/mol. The van der Waals surface area contributed by atoms with Crippen LogP contribution < -0.4 is 0 Å². The van der Waals surface area contributed by atoms with Gasteiger partial charge in [0.05, 0.1) is 0 Å². The summed E-state index contributed by atoms with van der Waals surface area (Å²) in [5.41, 5.74) is 0.514. The molecule has 0 spiro atoms. The Kier molecular flexibility index (Phi) is 5.27. The van der Waals surface area contributed by atoms with Gasteiger partial charge >= 0.3 is 0 Å². The zero-order chi connectivity index (χ0) is 8.74. The first-order valence-electron chi connectivity index (χ1n) is 4.71. The number of rotatable bonds is 4. The molecule has 0 heteroatoms. The van der Waals surface area contributed by atoms with Gasteiger partial charge in [0.15, 0.2) is 0 Å². The van der Waals surface area contributed by atoms with Crippen molar-refractivity contribution >= 4 is 0 Å². The molecule has 0 N–H and O–H groups in total. The van der Waals surface area contributed by atoms with Gasteiger partial charge in [0, 0.05) is 0 Å². The standard InChI is InChI=1S/C11H22/c1-5-6-7-8-9-10-11(2,3)4/h6-7H,5,8-10H2,1-4H3/b7-6+. The van der Waals surface area contributed by atoms with E-state index < -0.39 is 0 Å². The van der Waals surface area contributed by atoms with Crippen LogP contribution in [0.3, 0.4) is 0 Å². The SMILES string of the molecule is CC/C=C/CCCC(C)(C)C. The molecule has 0 rings (SSSR count). The lowest BCUT2D eigenvalue weighted by atomic mass is 9.90. The van der Waals surface area contributed by atoms with Crippen LogP contribution in [0.2, 0.25) is 0 Å². The van der Waals surface area contributed by atoms with Crippen LogP contribution in [0.5, 0.6) is 0 Å². The third-order valence-electron chi connectivity index (χ3n) is 1.70. The fourth-order valence-electron chi connectivity index (χ4n) is 1.03. The van der Waals surface area contributed by atoms with Crippen molar-refractivity contribution in [3.05, 3.63) is 12.2 Å². The molecule has 0 aromatic rings. The lowest BCUT2D eigenvalue weighted by Gasteiger charge is -2.16. The summed E-state index contributed by atoms with van der Waals surface area (Å²) in [5, 5.41) is 0. The summed E-state index contributed by atoms with van der Waals surface area (Å²) < 4.78 is 0. The molecule has 0 amide bonds. The molecule has 0 radical (unpaired) electrons. The van der Waals surface area contributed by atoms with E-state index in [2.05, 4.69) is 39.8 Å². The minimum absolute atomic E-state index is 0.514. The molecular formula is C11H22. The molecule has 0 saturated heterocycles. The number of allylic oxidation sites excluding steroid dienone is 2. The van der Waals surface area contributed by atoms with Crippen LogP contribution in [-0.2, 0) is 0 Å². The Bertz CT molecular complexity index is 104. The highest BCUT2D eigenvalue weighted by Crippen LogP contribution is 2.21. The first-order valence-corrected chi connectivity index (χ1v) is 4.71. The average molecular weight is 154 g/mol. The van der Waals surface area contributed by atoms with Crippen molar-refractivity contribution in [2.45, 2.75) is 53.4 Å². The van der Waals surface area contributed by atoms with Crippen molar-refractivity contribution < 1.29 is 0 Å². The van der Waals surface area contributed by atoms with E-state index in [9.17, 15) is 0 Å². The maximum absolute atomic E-state index is 2.30. The monoisotopic (exact) mass is 154 g/mol. The van der Waals surface area contributed by atoms with Crippen LogP contribution in [0.15, 0.2) is 12.2 Å². The lowest BCUT2D eigenvalue weighted by Crippen LogP contribution is -2.03. The maximum atomic E-state index is 2.30. The molecule has 0 nitrogen and oxygen atoms in total. The third-order valence-corrected chi connectivity index (χ3v) is 1.70. The van der Waals surface area contributed by atoms with Crippen LogP contribution in [0.4, 0.5) is 0 Å². The summed E-state index contributed by atoms with van der Waals surface area (Å²) in [7, 11) is 0. The molecule has 0 saturated carbocycles. The first-order chi connectivity index (χ1) is 5.06. The largest absolute Gasteiger partial charge is 0.0888 e.